The lowest BCUT2D eigenvalue weighted by Gasteiger charge is -2.07. The maximum absolute atomic E-state index is 5.69. The summed E-state index contributed by atoms with van der Waals surface area (Å²) < 4.78 is 10.1. The van der Waals surface area contributed by atoms with Gasteiger partial charge in [0.05, 0.1) is 7.11 Å². The molecule has 0 N–H and O–H groups in total. The van der Waals surface area contributed by atoms with Crippen molar-refractivity contribution in [2.75, 3.05) is 7.11 Å². The zero-order valence-electron chi connectivity index (χ0n) is 17.4. The first-order valence-corrected chi connectivity index (χ1v) is 10.4. The number of unbranched alkanes of at least 4 members (excludes halogenated alkanes) is 4. The molecule has 0 amide bonds. The molecule has 0 radical (unpaired) electrons. The molecular weight excluding hydrogens is 344 g/mol. The predicted molar refractivity (Wildman–Crippen MR) is 114 cm³/mol. The van der Waals surface area contributed by atoms with Crippen molar-refractivity contribution in [3.05, 3.63) is 72.8 Å². The van der Waals surface area contributed by atoms with Gasteiger partial charge in [-0.25, -0.2) is 4.57 Å². The average Bonchev–Trinajstić information content (AvgIpc) is 2.74. The van der Waals surface area contributed by atoms with Crippen LogP contribution in [0, 0.1) is 6.92 Å². The fourth-order valence-electron chi connectivity index (χ4n) is 3.44. The molecule has 0 spiro atoms. The number of hydrogen-bond donors (Lipinski definition) is 0. The van der Waals surface area contributed by atoms with Crippen LogP contribution in [0.5, 0.6) is 5.75 Å². The minimum absolute atomic E-state index is 0.875. The molecule has 0 aliphatic carbocycles. The van der Waals surface area contributed by atoms with E-state index >= 15 is 0 Å². The van der Waals surface area contributed by atoms with E-state index in [0.717, 1.165) is 23.5 Å². The van der Waals surface area contributed by atoms with E-state index in [2.05, 4.69) is 90.2 Å². The van der Waals surface area contributed by atoms with E-state index in [4.69, 9.17) is 4.74 Å². The summed E-state index contributed by atoms with van der Waals surface area (Å²) in [6.45, 7) is 5.45. The molecule has 0 atom stereocenters. The van der Waals surface area contributed by atoms with Crippen LogP contribution >= 0.6 is 0 Å². The summed E-state index contributed by atoms with van der Waals surface area (Å²) in [5.41, 5.74) is 4.68. The van der Waals surface area contributed by atoms with Crippen molar-refractivity contribution in [1.29, 1.82) is 0 Å². The van der Waals surface area contributed by atoms with Gasteiger partial charge in [0.25, 0.3) is 0 Å². The summed E-state index contributed by atoms with van der Waals surface area (Å²) in [5.74, 6) is 0.875. The molecule has 3 aromatic rings. The van der Waals surface area contributed by atoms with Crippen LogP contribution in [0.1, 0.15) is 44.6 Å². The molecule has 0 unspecified atom stereocenters. The number of aryl methyl sites for hydroxylation is 2. The lowest BCUT2D eigenvalue weighted by Crippen LogP contribution is -2.32. The molecule has 3 heteroatoms. The van der Waals surface area contributed by atoms with Gasteiger partial charge in [0.1, 0.15) is 6.54 Å². The Labute approximate surface area is 169 Å². The van der Waals surface area contributed by atoms with Crippen molar-refractivity contribution in [2.45, 2.75) is 52.5 Å². The summed E-state index contributed by atoms with van der Waals surface area (Å²) in [7, 11) is 1.73. The van der Waals surface area contributed by atoms with Gasteiger partial charge in [-0.2, -0.15) is 4.57 Å². The number of benzene rings is 1. The second-order valence-corrected chi connectivity index (χ2v) is 7.41. The first kappa shape index (κ1) is 20.1. The zero-order chi connectivity index (χ0) is 19.8. The van der Waals surface area contributed by atoms with Gasteiger partial charge in [0.15, 0.2) is 24.3 Å². The van der Waals surface area contributed by atoms with Crippen molar-refractivity contribution in [2.24, 2.45) is 0 Å². The van der Waals surface area contributed by atoms with E-state index in [1.807, 2.05) is 0 Å². The molecule has 146 valence electrons. The Morgan fingerprint density at radius 2 is 1.54 bits per heavy atom. The normalized spacial score (nSPS) is 10.8. The van der Waals surface area contributed by atoms with Crippen LogP contribution in [-0.4, -0.2) is 7.11 Å². The third-order valence-electron chi connectivity index (χ3n) is 5.20. The smallest absolute Gasteiger partial charge is 0.217 e. The van der Waals surface area contributed by atoms with Crippen LogP contribution in [0.3, 0.4) is 0 Å². The molecule has 1 aromatic carbocycles. The van der Waals surface area contributed by atoms with Crippen molar-refractivity contribution < 1.29 is 13.9 Å². The van der Waals surface area contributed by atoms with Crippen molar-refractivity contribution >= 4 is 0 Å². The number of aromatic nitrogens is 2. The molecule has 3 nitrogen and oxygen atoms in total. The minimum atomic E-state index is 0.875. The molecular formula is C25H32N2O+2. The fourth-order valence-corrected chi connectivity index (χ4v) is 3.44. The van der Waals surface area contributed by atoms with Gasteiger partial charge < -0.3 is 4.74 Å². The van der Waals surface area contributed by atoms with Crippen LogP contribution in [0.4, 0.5) is 0 Å². The highest BCUT2D eigenvalue weighted by molar-refractivity contribution is 5.68. The molecule has 0 bridgehead atoms. The number of rotatable bonds is 9. The highest BCUT2D eigenvalue weighted by atomic mass is 16.5. The van der Waals surface area contributed by atoms with Crippen LogP contribution in [0.15, 0.2) is 67.3 Å². The van der Waals surface area contributed by atoms with E-state index in [1.54, 1.807) is 7.11 Å². The SMILES string of the molecule is CCCCCCC[n+]1ccc(-c2cc[n+](-c3ccc(C)cc3)cc2OC)cc1. The van der Waals surface area contributed by atoms with E-state index in [-0.39, 0.29) is 0 Å². The first-order chi connectivity index (χ1) is 13.7. The topological polar surface area (TPSA) is 17.0 Å². The average molecular weight is 377 g/mol. The first-order valence-electron chi connectivity index (χ1n) is 10.4. The molecule has 0 saturated heterocycles. The molecule has 0 fully saturated rings. The van der Waals surface area contributed by atoms with E-state index in [9.17, 15) is 0 Å². The molecule has 3 rings (SSSR count). The van der Waals surface area contributed by atoms with Crippen LogP contribution < -0.4 is 13.9 Å². The largest absolute Gasteiger partial charge is 0.490 e. The second kappa shape index (κ2) is 10.0. The maximum Gasteiger partial charge on any atom is 0.217 e. The standard InChI is InChI=1S/C25H32N2O/c1-4-5-6-7-8-16-26-17-13-22(14-18-26)24-15-19-27(20-25(24)28-3)23-11-9-21(2)10-12-23/h9-15,17-20H,4-8,16H2,1-3H3/q+2. The number of hydrogen-bond acceptors (Lipinski definition) is 1. The third-order valence-corrected chi connectivity index (χ3v) is 5.20. The summed E-state index contributed by atoms with van der Waals surface area (Å²) >= 11 is 0. The van der Waals surface area contributed by atoms with Gasteiger partial charge in [0.2, 0.25) is 11.9 Å². The van der Waals surface area contributed by atoms with Crippen molar-refractivity contribution in [3.63, 3.8) is 0 Å². The second-order valence-electron chi connectivity index (χ2n) is 7.41. The fraction of sp³-hybridized carbons (Fsp3) is 0.360. The van der Waals surface area contributed by atoms with Crippen LogP contribution in [-0.2, 0) is 6.54 Å². The van der Waals surface area contributed by atoms with Crippen LogP contribution in [0.2, 0.25) is 0 Å². The van der Waals surface area contributed by atoms with E-state index in [1.165, 1.54) is 43.2 Å². The van der Waals surface area contributed by atoms with Gasteiger partial charge in [-0.05, 0) is 18.9 Å². The molecule has 2 heterocycles. The van der Waals surface area contributed by atoms with Crippen molar-refractivity contribution in [1.82, 2.24) is 0 Å². The molecule has 0 aliphatic rings. The lowest BCUT2D eigenvalue weighted by molar-refractivity contribution is -0.697. The van der Waals surface area contributed by atoms with Gasteiger partial charge in [-0.15, -0.1) is 0 Å². The molecule has 0 saturated carbocycles. The zero-order valence-corrected chi connectivity index (χ0v) is 17.4. The Kier molecular flexibility index (Phi) is 7.18. The number of methoxy groups -OCH3 is 1. The van der Waals surface area contributed by atoms with E-state index in [0.29, 0.717) is 0 Å². The lowest BCUT2D eigenvalue weighted by atomic mass is 10.1. The Balaban J connectivity index is 1.73. The number of nitrogens with zero attached hydrogens (tertiary/aromatic N) is 2. The van der Waals surface area contributed by atoms with Crippen molar-refractivity contribution in [3.8, 4) is 22.6 Å². The summed E-state index contributed by atoms with van der Waals surface area (Å²) in [4.78, 5) is 0. The monoisotopic (exact) mass is 376 g/mol. The summed E-state index contributed by atoms with van der Waals surface area (Å²) in [6.07, 6.45) is 15.0. The Morgan fingerprint density at radius 3 is 2.21 bits per heavy atom. The van der Waals surface area contributed by atoms with Gasteiger partial charge in [0, 0.05) is 42.3 Å². The number of pyridine rings is 2. The molecule has 2 aromatic heterocycles. The van der Waals surface area contributed by atoms with E-state index < -0.39 is 0 Å². The Hall–Kier alpha value is -2.68. The Morgan fingerprint density at radius 1 is 0.821 bits per heavy atom. The highest BCUT2D eigenvalue weighted by Crippen LogP contribution is 2.27. The molecule has 0 aliphatic heterocycles. The maximum atomic E-state index is 5.69. The molecule has 28 heavy (non-hydrogen) atoms. The minimum Gasteiger partial charge on any atom is -0.490 e. The summed E-state index contributed by atoms with van der Waals surface area (Å²) in [6, 6.07) is 15.0. The summed E-state index contributed by atoms with van der Waals surface area (Å²) in [5, 5.41) is 0. The van der Waals surface area contributed by atoms with Crippen LogP contribution in [0.25, 0.3) is 16.8 Å². The van der Waals surface area contributed by atoms with Gasteiger partial charge >= 0.3 is 0 Å². The quantitative estimate of drug-likeness (QED) is 0.370. The number of ether oxygens (including phenoxy) is 1. The predicted octanol–water partition coefficient (Wildman–Crippen LogP) is 5.21. The highest BCUT2D eigenvalue weighted by Gasteiger charge is 2.14. The third kappa shape index (κ3) is 5.19. The Bertz CT molecular complexity index is 870. The van der Waals surface area contributed by atoms with Gasteiger partial charge in [-0.3, -0.25) is 0 Å². The van der Waals surface area contributed by atoms with Gasteiger partial charge in [-0.1, -0.05) is 43.9 Å².